The molecule has 0 spiro atoms. The topological polar surface area (TPSA) is 49.6 Å². The van der Waals surface area contributed by atoms with Gasteiger partial charge in [-0.25, -0.2) is 0 Å². The van der Waals surface area contributed by atoms with Crippen molar-refractivity contribution >= 4 is 11.6 Å². The number of anilines is 1. The summed E-state index contributed by atoms with van der Waals surface area (Å²) in [6, 6.07) is 6.10. The first-order valence-corrected chi connectivity index (χ1v) is 7.38. The van der Waals surface area contributed by atoms with Crippen LogP contribution in [0.2, 0.25) is 0 Å². The maximum absolute atomic E-state index is 12.5. The molecule has 1 heterocycles. The Bertz CT molecular complexity index is 487. The van der Waals surface area contributed by atoms with Gasteiger partial charge >= 0.3 is 0 Å². The predicted molar refractivity (Wildman–Crippen MR) is 82.8 cm³/mol. The Hall–Kier alpha value is -1.55. The first-order chi connectivity index (χ1) is 9.52. The van der Waals surface area contributed by atoms with Gasteiger partial charge in [0.1, 0.15) is 0 Å². The molecule has 0 bridgehead atoms. The lowest BCUT2D eigenvalue weighted by atomic mass is 10.1. The van der Waals surface area contributed by atoms with Crippen LogP contribution in [0.25, 0.3) is 0 Å². The maximum Gasteiger partial charge on any atom is 0.255 e. The lowest BCUT2D eigenvalue weighted by Gasteiger charge is -2.28. The van der Waals surface area contributed by atoms with Crippen molar-refractivity contribution < 1.29 is 4.79 Å². The summed E-state index contributed by atoms with van der Waals surface area (Å²) >= 11 is 0. The number of nitrogens with two attached hydrogens (primary N) is 1. The average Bonchev–Trinajstić information content (AvgIpc) is 2.87. The highest BCUT2D eigenvalue weighted by Crippen LogP contribution is 2.20. The second-order valence-corrected chi connectivity index (χ2v) is 5.70. The van der Waals surface area contributed by atoms with Crippen molar-refractivity contribution in [2.45, 2.75) is 32.7 Å². The molecule has 4 heteroatoms. The summed E-state index contributed by atoms with van der Waals surface area (Å²) in [5, 5.41) is 0. The number of carbonyl (C=O) groups excluding carboxylic acids is 1. The Labute approximate surface area is 121 Å². The molecule has 0 radical (unpaired) electrons. The van der Waals surface area contributed by atoms with Crippen molar-refractivity contribution in [3.05, 3.63) is 29.3 Å². The van der Waals surface area contributed by atoms with Crippen LogP contribution in [0.1, 0.15) is 35.7 Å². The minimum absolute atomic E-state index is 0.0224. The third-order valence-corrected chi connectivity index (χ3v) is 4.18. The molecule has 1 aliphatic heterocycles. The van der Waals surface area contributed by atoms with Crippen LogP contribution in [-0.2, 0) is 0 Å². The van der Waals surface area contributed by atoms with Gasteiger partial charge in [0.2, 0.25) is 0 Å². The molecule has 1 aromatic rings. The maximum atomic E-state index is 12.5. The minimum atomic E-state index is 0.0224. The molecule has 1 aliphatic rings. The summed E-state index contributed by atoms with van der Waals surface area (Å²) in [5.74, 6) is 0.0224. The van der Waals surface area contributed by atoms with Crippen LogP contribution in [-0.4, -0.2) is 48.4 Å². The number of rotatable bonds is 4. The molecule has 0 aliphatic carbocycles. The highest BCUT2D eigenvalue weighted by atomic mass is 16.2. The summed E-state index contributed by atoms with van der Waals surface area (Å²) in [6.07, 6.45) is 2.40. The van der Waals surface area contributed by atoms with Crippen LogP contribution < -0.4 is 5.73 Å². The van der Waals surface area contributed by atoms with E-state index in [0.717, 1.165) is 25.2 Å². The smallest absolute Gasteiger partial charge is 0.255 e. The highest BCUT2D eigenvalue weighted by molar-refractivity contribution is 5.99. The Balaban J connectivity index is 2.07. The summed E-state index contributed by atoms with van der Waals surface area (Å²) in [7, 11) is 1.87. The van der Waals surface area contributed by atoms with E-state index < -0.39 is 0 Å². The number of likely N-dealkylation sites (tertiary alicyclic amines) is 1. The second-order valence-electron chi connectivity index (χ2n) is 5.70. The lowest BCUT2D eigenvalue weighted by molar-refractivity contribution is 0.0755. The molecule has 1 atom stereocenters. The molecule has 1 unspecified atom stereocenters. The molecule has 2 rings (SSSR count). The second kappa shape index (κ2) is 6.27. The quantitative estimate of drug-likeness (QED) is 0.856. The minimum Gasteiger partial charge on any atom is -0.398 e. The van der Waals surface area contributed by atoms with E-state index in [9.17, 15) is 4.79 Å². The number of nitrogens with zero attached hydrogens (tertiary/aromatic N) is 2. The molecule has 1 saturated heterocycles. The van der Waals surface area contributed by atoms with Crippen LogP contribution in [0.4, 0.5) is 5.69 Å². The number of likely N-dealkylation sites (N-methyl/N-ethyl adjacent to an activating group) is 2. The van der Waals surface area contributed by atoms with Crippen molar-refractivity contribution in [1.29, 1.82) is 0 Å². The van der Waals surface area contributed by atoms with Crippen LogP contribution in [0.3, 0.4) is 0 Å². The van der Waals surface area contributed by atoms with Crippen molar-refractivity contribution in [1.82, 2.24) is 9.80 Å². The summed E-state index contributed by atoms with van der Waals surface area (Å²) < 4.78 is 0. The lowest BCUT2D eigenvalue weighted by Crippen LogP contribution is -2.41. The largest absolute Gasteiger partial charge is 0.398 e. The number of aryl methyl sites for hydroxylation is 1. The van der Waals surface area contributed by atoms with E-state index in [4.69, 9.17) is 5.73 Å². The zero-order chi connectivity index (χ0) is 14.7. The number of hydrogen-bond acceptors (Lipinski definition) is 3. The number of benzene rings is 1. The van der Waals surface area contributed by atoms with Crippen molar-refractivity contribution in [2.24, 2.45) is 0 Å². The molecule has 20 heavy (non-hydrogen) atoms. The Morgan fingerprint density at radius 3 is 2.95 bits per heavy atom. The third kappa shape index (κ3) is 3.12. The molecule has 1 aromatic carbocycles. The number of carbonyl (C=O) groups is 1. The van der Waals surface area contributed by atoms with Crippen molar-refractivity contribution in [3.63, 3.8) is 0 Å². The molecule has 0 saturated carbocycles. The van der Waals surface area contributed by atoms with Crippen LogP contribution in [0.15, 0.2) is 18.2 Å². The standard InChI is InChI=1S/C16H25N3O/c1-4-19-9-5-6-13(19)11-18(3)16(20)14-10-12(2)7-8-15(14)17/h7-8,10,13H,4-6,9,11,17H2,1-3H3. The number of hydrogen-bond donors (Lipinski definition) is 1. The van der Waals surface area contributed by atoms with E-state index in [1.165, 1.54) is 12.8 Å². The SMILES string of the molecule is CCN1CCCC1CN(C)C(=O)c1cc(C)ccc1N. The van der Waals surface area contributed by atoms with Gasteiger partial charge in [0.25, 0.3) is 5.91 Å². The summed E-state index contributed by atoms with van der Waals surface area (Å²) in [5.41, 5.74) is 8.17. The molecule has 2 N–H and O–H groups in total. The zero-order valence-corrected chi connectivity index (χ0v) is 12.7. The van der Waals surface area contributed by atoms with Gasteiger partial charge < -0.3 is 10.6 Å². The predicted octanol–water partition coefficient (Wildman–Crippen LogP) is 2.13. The molecular formula is C16H25N3O. The summed E-state index contributed by atoms with van der Waals surface area (Å²) in [6.45, 7) is 7.14. The molecule has 1 amide bonds. The number of nitrogen functional groups attached to an aromatic ring is 1. The normalized spacial score (nSPS) is 19.2. The monoisotopic (exact) mass is 275 g/mol. The van der Waals surface area contributed by atoms with E-state index in [1.807, 2.05) is 37.1 Å². The van der Waals surface area contributed by atoms with E-state index >= 15 is 0 Å². The van der Waals surface area contributed by atoms with Crippen LogP contribution >= 0.6 is 0 Å². The zero-order valence-electron chi connectivity index (χ0n) is 12.7. The van der Waals surface area contributed by atoms with Crippen LogP contribution in [0.5, 0.6) is 0 Å². The molecular weight excluding hydrogens is 250 g/mol. The van der Waals surface area contributed by atoms with E-state index in [1.54, 1.807) is 0 Å². The van der Waals surface area contributed by atoms with Gasteiger partial charge in [-0.15, -0.1) is 0 Å². The Morgan fingerprint density at radius 2 is 2.25 bits per heavy atom. The molecule has 110 valence electrons. The Kier molecular flexibility index (Phi) is 4.65. The fourth-order valence-corrected chi connectivity index (χ4v) is 2.98. The average molecular weight is 275 g/mol. The van der Waals surface area contributed by atoms with Crippen molar-refractivity contribution in [2.75, 3.05) is 32.4 Å². The third-order valence-electron chi connectivity index (χ3n) is 4.18. The Morgan fingerprint density at radius 1 is 1.50 bits per heavy atom. The fraction of sp³-hybridized carbons (Fsp3) is 0.562. The summed E-state index contributed by atoms with van der Waals surface area (Å²) in [4.78, 5) is 16.8. The van der Waals surface area contributed by atoms with E-state index in [2.05, 4.69) is 11.8 Å². The first kappa shape index (κ1) is 14.9. The van der Waals surface area contributed by atoms with E-state index in [0.29, 0.717) is 17.3 Å². The molecule has 0 aromatic heterocycles. The van der Waals surface area contributed by atoms with Crippen molar-refractivity contribution in [3.8, 4) is 0 Å². The van der Waals surface area contributed by atoms with Gasteiger partial charge in [-0.2, -0.15) is 0 Å². The highest BCUT2D eigenvalue weighted by Gasteiger charge is 2.26. The number of amides is 1. The fourth-order valence-electron chi connectivity index (χ4n) is 2.98. The van der Waals surface area contributed by atoms with E-state index in [-0.39, 0.29) is 5.91 Å². The van der Waals surface area contributed by atoms with Gasteiger partial charge in [-0.3, -0.25) is 9.69 Å². The van der Waals surface area contributed by atoms with Gasteiger partial charge in [-0.05, 0) is 45.0 Å². The van der Waals surface area contributed by atoms with Gasteiger partial charge in [0.15, 0.2) is 0 Å². The van der Waals surface area contributed by atoms with Gasteiger partial charge in [0, 0.05) is 25.3 Å². The van der Waals surface area contributed by atoms with Crippen LogP contribution in [0, 0.1) is 6.92 Å². The van der Waals surface area contributed by atoms with Gasteiger partial charge in [0.05, 0.1) is 5.56 Å². The first-order valence-electron chi connectivity index (χ1n) is 7.38. The molecule has 1 fully saturated rings. The van der Waals surface area contributed by atoms with Gasteiger partial charge in [-0.1, -0.05) is 18.6 Å². The molecule has 4 nitrogen and oxygen atoms in total.